The van der Waals surface area contributed by atoms with Crippen molar-refractivity contribution in [3.05, 3.63) is 103 Å². The van der Waals surface area contributed by atoms with Crippen LogP contribution >= 0.6 is 39.0 Å². The number of amides is 3. The number of rotatable bonds is 5. The number of benzene rings is 3. The number of thiazole rings is 1. The van der Waals surface area contributed by atoms with E-state index in [9.17, 15) is 37.5 Å². The molecular weight excluding hydrogens is 671 g/mol. The lowest BCUT2D eigenvalue weighted by molar-refractivity contribution is -0.137. The number of aromatic nitrogens is 1. The summed E-state index contributed by atoms with van der Waals surface area (Å²) in [6.07, 6.45) is -4.81. The van der Waals surface area contributed by atoms with Crippen LogP contribution in [0, 0.1) is 5.92 Å². The van der Waals surface area contributed by atoms with Gasteiger partial charge >= 0.3 is 11.0 Å². The summed E-state index contributed by atoms with van der Waals surface area (Å²) in [6.45, 7) is -0.413. The first-order valence-corrected chi connectivity index (χ1v) is 15.2. The fourth-order valence-corrected chi connectivity index (χ4v) is 8.54. The minimum Gasteiger partial charge on any atom is -0.508 e. The second kappa shape index (κ2) is 11.0. The number of imide groups is 1. The van der Waals surface area contributed by atoms with Crippen molar-refractivity contribution in [2.24, 2.45) is 5.92 Å². The van der Waals surface area contributed by atoms with Crippen molar-refractivity contribution in [3.63, 3.8) is 0 Å². The largest absolute Gasteiger partial charge is 0.508 e. The first kappa shape index (κ1) is 29.2. The SMILES string of the molecule is O=C(Cn1c2c(sc1=O)[C@@H](c1cccc(Br)c1)[C@@H]1C(=O)N(c3ccccc3C(F)(F)F)C(=O)[C@@H]1S2)Nc1ccc(O)cc1. The van der Waals surface area contributed by atoms with E-state index in [0.717, 1.165) is 35.2 Å². The number of phenolic OH excluding ortho intramolecular Hbond substituents is 1. The number of fused-ring (bicyclic) bond motifs is 2. The maximum Gasteiger partial charge on any atom is 0.418 e. The number of halogens is 4. The van der Waals surface area contributed by atoms with Gasteiger partial charge in [0.05, 0.1) is 22.2 Å². The average Bonchev–Trinajstić information content (AvgIpc) is 3.39. The van der Waals surface area contributed by atoms with Crippen molar-refractivity contribution >= 4 is 68.1 Å². The summed E-state index contributed by atoms with van der Waals surface area (Å²) in [5.41, 5.74) is -0.700. The molecule has 3 atom stereocenters. The van der Waals surface area contributed by atoms with Gasteiger partial charge in [0.1, 0.15) is 17.5 Å². The number of hydrogen-bond acceptors (Lipinski definition) is 7. The third kappa shape index (κ3) is 5.27. The van der Waals surface area contributed by atoms with Gasteiger partial charge < -0.3 is 10.4 Å². The van der Waals surface area contributed by atoms with Gasteiger partial charge in [-0.1, -0.05) is 63.3 Å². The van der Waals surface area contributed by atoms with E-state index in [2.05, 4.69) is 21.2 Å². The molecule has 43 heavy (non-hydrogen) atoms. The molecule has 1 fully saturated rings. The van der Waals surface area contributed by atoms with Gasteiger partial charge in [-0.05, 0) is 54.1 Å². The molecule has 2 N–H and O–H groups in total. The van der Waals surface area contributed by atoms with E-state index < -0.39 is 63.7 Å². The van der Waals surface area contributed by atoms with E-state index in [-0.39, 0.29) is 5.75 Å². The Bertz CT molecular complexity index is 1840. The van der Waals surface area contributed by atoms with Crippen molar-refractivity contribution in [1.29, 1.82) is 0 Å². The van der Waals surface area contributed by atoms with Crippen LogP contribution < -0.4 is 15.1 Å². The molecule has 0 saturated carbocycles. The van der Waals surface area contributed by atoms with Crippen molar-refractivity contribution in [2.75, 3.05) is 10.2 Å². The summed E-state index contributed by atoms with van der Waals surface area (Å²) in [6, 6.07) is 17.1. The predicted octanol–water partition coefficient (Wildman–Crippen LogP) is 5.83. The number of thioether (sulfide) groups is 1. The molecule has 2 aliphatic rings. The summed E-state index contributed by atoms with van der Waals surface area (Å²) in [7, 11) is 0. The summed E-state index contributed by atoms with van der Waals surface area (Å²) in [5.74, 6) is -4.11. The number of carbonyl (C=O) groups is 3. The number of phenols is 1. The summed E-state index contributed by atoms with van der Waals surface area (Å²) in [5, 5.41) is 11.3. The Morgan fingerprint density at radius 2 is 1.70 bits per heavy atom. The number of alkyl halides is 3. The maximum absolute atomic E-state index is 14.0. The normalized spacial score (nSPS) is 19.7. The molecule has 220 valence electrons. The van der Waals surface area contributed by atoms with Crippen LogP contribution in [0.15, 0.2) is 87.1 Å². The second-order valence-corrected chi connectivity index (χ2v) is 12.9. The van der Waals surface area contributed by atoms with Crippen LogP contribution in [0.2, 0.25) is 0 Å². The molecule has 1 aromatic heterocycles. The average molecular weight is 691 g/mol. The lowest BCUT2D eigenvalue weighted by Gasteiger charge is -2.30. The van der Waals surface area contributed by atoms with Gasteiger partial charge in [0.25, 0.3) is 0 Å². The molecule has 0 bridgehead atoms. The maximum atomic E-state index is 14.0. The highest BCUT2D eigenvalue weighted by Gasteiger charge is 2.57. The Kier molecular flexibility index (Phi) is 7.47. The van der Waals surface area contributed by atoms with E-state index in [1.165, 1.54) is 41.0 Å². The quantitative estimate of drug-likeness (QED) is 0.202. The fourth-order valence-electron chi connectivity index (χ4n) is 5.35. The molecule has 0 radical (unpaired) electrons. The topological polar surface area (TPSA) is 109 Å². The molecule has 3 aromatic carbocycles. The molecule has 8 nitrogen and oxygen atoms in total. The van der Waals surface area contributed by atoms with Crippen LogP contribution in [-0.4, -0.2) is 32.6 Å². The van der Waals surface area contributed by atoms with Crippen LogP contribution in [-0.2, 0) is 27.1 Å². The monoisotopic (exact) mass is 689 g/mol. The van der Waals surface area contributed by atoms with Crippen LogP contribution in [0.1, 0.15) is 21.9 Å². The van der Waals surface area contributed by atoms with Crippen LogP contribution in [0.5, 0.6) is 5.75 Å². The van der Waals surface area contributed by atoms with Gasteiger partial charge in [0, 0.05) is 21.0 Å². The highest BCUT2D eigenvalue weighted by molar-refractivity contribution is 9.10. The van der Waals surface area contributed by atoms with Crippen molar-refractivity contribution in [2.45, 2.75) is 28.9 Å². The molecule has 2 aliphatic heterocycles. The van der Waals surface area contributed by atoms with Gasteiger partial charge in [-0.25, -0.2) is 4.90 Å². The summed E-state index contributed by atoms with van der Waals surface area (Å²) < 4.78 is 43.7. The van der Waals surface area contributed by atoms with Crippen LogP contribution in [0.3, 0.4) is 0 Å². The number of hydrogen-bond donors (Lipinski definition) is 2. The van der Waals surface area contributed by atoms with Crippen molar-refractivity contribution < 1.29 is 32.7 Å². The third-order valence-corrected chi connectivity index (χ3v) is 10.3. The second-order valence-electron chi connectivity index (χ2n) is 9.84. The Hall–Kier alpha value is -3.88. The van der Waals surface area contributed by atoms with Gasteiger partial charge in [0.2, 0.25) is 17.7 Å². The van der Waals surface area contributed by atoms with Gasteiger partial charge in [-0.2, -0.15) is 13.2 Å². The van der Waals surface area contributed by atoms with Crippen LogP contribution in [0.4, 0.5) is 24.5 Å². The van der Waals surface area contributed by atoms with Crippen LogP contribution in [0.25, 0.3) is 0 Å². The highest BCUT2D eigenvalue weighted by atomic mass is 79.9. The van der Waals surface area contributed by atoms with E-state index >= 15 is 0 Å². The Morgan fingerprint density at radius 1 is 0.977 bits per heavy atom. The number of carbonyl (C=O) groups excluding carboxylic acids is 3. The molecule has 0 aliphatic carbocycles. The standard InChI is InChI=1S/C29H19BrF3N3O5S2/c30-15-5-3-4-14(12-15)21-22-23(26(40)36(25(22)39)19-7-2-1-6-18(19)29(31,32)33)42-27-24(21)43-28(41)35(27)13-20(38)34-16-8-10-17(37)11-9-16/h1-12,21-23,37H,13H2,(H,34,38)/t21-,22-,23+/m0/s1. The van der Waals surface area contributed by atoms with Gasteiger partial charge in [0.15, 0.2) is 0 Å². The van der Waals surface area contributed by atoms with Gasteiger partial charge in [-0.15, -0.1) is 0 Å². The Labute approximate surface area is 258 Å². The van der Waals surface area contributed by atoms with E-state index in [1.807, 2.05) is 0 Å². The third-order valence-electron chi connectivity index (χ3n) is 7.16. The lowest BCUT2D eigenvalue weighted by Crippen LogP contribution is -2.33. The number of nitrogens with zero attached hydrogens (tertiary/aromatic N) is 2. The smallest absolute Gasteiger partial charge is 0.418 e. The molecule has 6 rings (SSSR count). The summed E-state index contributed by atoms with van der Waals surface area (Å²) >= 11 is 5.15. The van der Waals surface area contributed by atoms with E-state index in [1.54, 1.807) is 24.3 Å². The first-order valence-electron chi connectivity index (χ1n) is 12.7. The zero-order valence-electron chi connectivity index (χ0n) is 21.7. The summed E-state index contributed by atoms with van der Waals surface area (Å²) in [4.78, 5) is 54.5. The van der Waals surface area contributed by atoms with Crippen molar-refractivity contribution in [1.82, 2.24) is 4.57 Å². The molecule has 1 saturated heterocycles. The van der Waals surface area contributed by atoms with Gasteiger partial charge in [-0.3, -0.25) is 23.7 Å². The number of nitrogens with one attached hydrogen (secondary N) is 1. The molecule has 0 unspecified atom stereocenters. The minimum absolute atomic E-state index is 0.00773. The Morgan fingerprint density at radius 3 is 2.40 bits per heavy atom. The number of anilines is 2. The zero-order chi connectivity index (χ0) is 30.6. The molecule has 0 spiro atoms. The number of para-hydroxylation sites is 1. The Balaban J connectivity index is 1.43. The van der Waals surface area contributed by atoms with Crippen molar-refractivity contribution in [3.8, 4) is 5.75 Å². The zero-order valence-corrected chi connectivity index (χ0v) is 24.9. The molecule has 14 heteroatoms. The first-order chi connectivity index (χ1) is 20.4. The molecule has 3 amide bonds. The highest BCUT2D eigenvalue weighted by Crippen LogP contribution is 2.54. The number of aromatic hydroxyl groups is 1. The molecule has 3 heterocycles. The predicted molar refractivity (Wildman–Crippen MR) is 158 cm³/mol. The minimum atomic E-state index is -4.81. The lowest BCUT2D eigenvalue weighted by atomic mass is 9.83. The fraction of sp³-hybridized carbons (Fsp3) is 0.172. The van der Waals surface area contributed by atoms with E-state index in [0.29, 0.717) is 30.5 Å². The molecular formula is C29H19BrF3N3O5S2. The molecule has 4 aromatic rings. The van der Waals surface area contributed by atoms with E-state index in [4.69, 9.17) is 0 Å².